The molecule has 4 heterocycles. The van der Waals surface area contributed by atoms with Crippen molar-refractivity contribution >= 4 is 62.2 Å². The van der Waals surface area contributed by atoms with Gasteiger partial charge in [-0.15, -0.1) is 5.10 Å². The monoisotopic (exact) mass is 621 g/mol. The molecule has 0 aromatic carbocycles. The Bertz CT molecular complexity index is 1170. The second-order valence-electron chi connectivity index (χ2n) is 6.98. The van der Waals surface area contributed by atoms with Gasteiger partial charge in [0.1, 0.15) is 44.8 Å². The molecule has 0 aliphatic carbocycles. The normalized spacial score (nSPS) is 25.6. The Kier molecular flexibility index (Phi) is 7.77. The number of hydrogen-bond donors (Lipinski definition) is 3. The fourth-order valence-electron chi connectivity index (χ4n) is 3.22. The van der Waals surface area contributed by atoms with E-state index in [1.165, 1.54) is 16.9 Å². The molecule has 1 saturated heterocycles. The highest BCUT2D eigenvalue weighted by Gasteiger charge is 2.46. The zero-order valence-corrected chi connectivity index (χ0v) is 21.1. The van der Waals surface area contributed by atoms with Gasteiger partial charge in [0.25, 0.3) is 0 Å². The largest absolute Gasteiger partial charge is 0.434 e. The molecule has 17 heteroatoms. The molecule has 4 rings (SSSR count). The van der Waals surface area contributed by atoms with E-state index in [9.17, 15) is 28.5 Å². The SMILES string of the molecule is OCC1O[C@H](Sc2cnc(C(F)(F)F)c(Br)c2)C(O)C(n2cc(-c3nc(Cl)c(Cl)s3)nn2)[C@H]1O. The van der Waals surface area contributed by atoms with Crippen LogP contribution < -0.4 is 0 Å². The molecule has 1 fully saturated rings. The van der Waals surface area contributed by atoms with Gasteiger partial charge in [0.15, 0.2) is 10.8 Å². The van der Waals surface area contributed by atoms with Gasteiger partial charge in [0, 0.05) is 15.6 Å². The molecule has 0 saturated carbocycles. The fourth-order valence-corrected chi connectivity index (χ4v) is 6.16. The minimum atomic E-state index is -4.64. The third-order valence-corrected chi connectivity index (χ3v) is 8.25. The summed E-state index contributed by atoms with van der Waals surface area (Å²) in [5.41, 5.74) is -1.90. The van der Waals surface area contributed by atoms with E-state index in [4.69, 9.17) is 27.9 Å². The van der Waals surface area contributed by atoms with E-state index in [0.29, 0.717) is 5.01 Å². The minimum Gasteiger partial charge on any atom is -0.394 e. The van der Waals surface area contributed by atoms with Crippen LogP contribution in [0.5, 0.6) is 0 Å². The van der Waals surface area contributed by atoms with E-state index in [1.807, 2.05) is 0 Å². The fraction of sp³-hybridized carbons (Fsp3) is 0.412. The number of aliphatic hydroxyl groups is 3. The van der Waals surface area contributed by atoms with Crippen LogP contribution in [0.4, 0.5) is 13.2 Å². The molecule has 1 aliphatic rings. The lowest BCUT2D eigenvalue weighted by Crippen LogP contribution is -2.55. The number of hydrogen-bond acceptors (Lipinski definition) is 10. The van der Waals surface area contributed by atoms with Crippen LogP contribution in [0, 0.1) is 0 Å². The number of aliphatic hydroxyl groups excluding tert-OH is 3. The summed E-state index contributed by atoms with van der Waals surface area (Å²) in [5.74, 6) is 0. The number of thiazole rings is 1. The van der Waals surface area contributed by atoms with E-state index < -0.39 is 48.3 Å². The van der Waals surface area contributed by atoms with Crippen molar-refractivity contribution in [3.63, 3.8) is 0 Å². The van der Waals surface area contributed by atoms with Crippen LogP contribution >= 0.6 is 62.2 Å². The topological polar surface area (TPSA) is 126 Å². The molecule has 3 N–H and O–H groups in total. The highest BCUT2D eigenvalue weighted by molar-refractivity contribution is 9.10. The second-order valence-corrected chi connectivity index (χ2v) is 11.0. The molecule has 34 heavy (non-hydrogen) atoms. The highest BCUT2D eigenvalue weighted by Crippen LogP contribution is 2.41. The van der Waals surface area contributed by atoms with Crippen molar-refractivity contribution in [3.8, 4) is 10.7 Å². The summed E-state index contributed by atoms with van der Waals surface area (Å²) in [7, 11) is 0. The maximum atomic E-state index is 13.0. The number of halogens is 6. The van der Waals surface area contributed by atoms with Crippen molar-refractivity contribution in [1.29, 1.82) is 0 Å². The van der Waals surface area contributed by atoms with Crippen molar-refractivity contribution < 1.29 is 33.2 Å². The molecule has 0 radical (unpaired) electrons. The molecule has 0 amide bonds. The number of pyridine rings is 1. The Morgan fingerprint density at radius 2 is 2.00 bits per heavy atom. The molecule has 0 bridgehead atoms. The lowest BCUT2D eigenvalue weighted by molar-refractivity contribution is -0.178. The first kappa shape index (κ1) is 26.0. The van der Waals surface area contributed by atoms with Crippen LogP contribution in [-0.4, -0.2) is 70.6 Å². The standard InChI is InChI=1S/C17H13BrCl2F3N5O4S2/c18-6-1-5(2-24-12(6)17(21,22)23)33-16-11(31)9(10(30)8(4-29)32-16)28-3-7(26-27-28)15-25-13(19)14(20)34-15/h1-3,8-11,16,29-31H,4H2/t8?,9?,10-,11?,16+/m0/s1. The van der Waals surface area contributed by atoms with E-state index in [2.05, 4.69) is 36.2 Å². The molecule has 9 nitrogen and oxygen atoms in total. The van der Waals surface area contributed by atoms with Gasteiger partial charge < -0.3 is 20.1 Å². The molecule has 3 aromatic rings. The summed E-state index contributed by atoms with van der Waals surface area (Å²) in [5, 5.41) is 39.7. The summed E-state index contributed by atoms with van der Waals surface area (Å²) >= 11 is 16.6. The Balaban J connectivity index is 1.60. The van der Waals surface area contributed by atoms with Gasteiger partial charge in [0.2, 0.25) is 0 Å². The quantitative estimate of drug-likeness (QED) is 0.391. The zero-order chi connectivity index (χ0) is 24.8. The number of ether oxygens (including phenoxy) is 1. The van der Waals surface area contributed by atoms with Gasteiger partial charge in [-0.3, -0.25) is 0 Å². The zero-order valence-electron chi connectivity index (χ0n) is 16.4. The Morgan fingerprint density at radius 3 is 2.59 bits per heavy atom. The predicted molar refractivity (Wildman–Crippen MR) is 121 cm³/mol. The van der Waals surface area contributed by atoms with Crippen molar-refractivity contribution in [2.24, 2.45) is 0 Å². The predicted octanol–water partition coefficient (Wildman–Crippen LogP) is 3.66. The second kappa shape index (κ2) is 10.1. The lowest BCUT2D eigenvalue weighted by atomic mass is 9.97. The first-order valence-corrected chi connectivity index (χ1v) is 12.5. The van der Waals surface area contributed by atoms with Crippen LogP contribution in [0.15, 0.2) is 27.8 Å². The van der Waals surface area contributed by atoms with Crippen LogP contribution in [0.1, 0.15) is 11.7 Å². The first-order valence-electron chi connectivity index (χ1n) is 9.25. The number of alkyl halides is 3. The lowest BCUT2D eigenvalue weighted by Gasteiger charge is -2.41. The van der Waals surface area contributed by atoms with Crippen LogP contribution in [0.2, 0.25) is 9.49 Å². The van der Waals surface area contributed by atoms with E-state index >= 15 is 0 Å². The van der Waals surface area contributed by atoms with E-state index in [0.717, 1.165) is 29.3 Å². The summed E-state index contributed by atoms with van der Waals surface area (Å²) in [4.78, 5) is 7.75. The summed E-state index contributed by atoms with van der Waals surface area (Å²) in [6.45, 7) is -0.588. The van der Waals surface area contributed by atoms with Gasteiger partial charge in [-0.25, -0.2) is 14.6 Å². The van der Waals surface area contributed by atoms with E-state index in [-0.39, 0.29) is 24.6 Å². The Labute approximate surface area is 216 Å². The molecule has 1 aliphatic heterocycles. The van der Waals surface area contributed by atoms with Gasteiger partial charge in [0.05, 0.1) is 12.8 Å². The summed E-state index contributed by atoms with van der Waals surface area (Å²) < 4.78 is 45.7. The highest BCUT2D eigenvalue weighted by atomic mass is 79.9. The van der Waals surface area contributed by atoms with Crippen molar-refractivity contribution in [1.82, 2.24) is 25.0 Å². The van der Waals surface area contributed by atoms with Crippen LogP contribution in [-0.2, 0) is 10.9 Å². The first-order chi connectivity index (χ1) is 16.0. The Hall–Kier alpha value is -1.04. The number of rotatable bonds is 5. The molecule has 0 spiro atoms. The van der Waals surface area contributed by atoms with Crippen LogP contribution in [0.3, 0.4) is 0 Å². The minimum absolute atomic E-state index is 0.0930. The number of thioether (sulfide) groups is 1. The molecule has 184 valence electrons. The van der Waals surface area contributed by atoms with E-state index in [1.54, 1.807) is 0 Å². The van der Waals surface area contributed by atoms with Gasteiger partial charge in [-0.1, -0.05) is 51.5 Å². The maximum absolute atomic E-state index is 13.0. The van der Waals surface area contributed by atoms with Gasteiger partial charge in [-0.05, 0) is 22.0 Å². The summed E-state index contributed by atoms with van der Waals surface area (Å²) in [6, 6.07) is 0.0788. The third-order valence-electron chi connectivity index (χ3n) is 4.77. The molecule has 5 atom stereocenters. The van der Waals surface area contributed by atoms with Gasteiger partial charge >= 0.3 is 6.18 Å². The average Bonchev–Trinajstić information content (AvgIpc) is 3.36. The van der Waals surface area contributed by atoms with Crippen LogP contribution in [0.25, 0.3) is 10.7 Å². The number of aromatic nitrogens is 5. The number of nitrogens with zero attached hydrogens (tertiary/aromatic N) is 5. The van der Waals surface area contributed by atoms with Crippen molar-refractivity contribution in [3.05, 3.63) is 38.1 Å². The molecule has 3 unspecified atom stereocenters. The Morgan fingerprint density at radius 1 is 1.26 bits per heavy atom. The molecular weight excluding hydrogens is 610 g/mol. The molecular formula is C17H13BrCl2F3N5O4S2. The van der Waals surface area contributed by atoms with Crippen molar-refractivity contribution in [2.45, 2.75) is 40.9 Å². The molecule has 3 aromatic heterocycles. The summed E-state index contributed by atoms with van der Waals surface area (Å²) in [6.07, 6.45) is -6.13. The maximum Gasteiger partial charge on any atom is 0.434 e. The average molecular weight is 623 g/mol. The van der Waals surface area contributed by atoms with Crippen molar-refractivity contribution in [2.75, 3.05) is 6.61 Å². The smallest absolute Gasteiger partial charge is 0.394 e. The van der Waals surface area contributed by atoms with Gasteiger partial charge in [-0.2, -0.15) is 13.2 Å². The third kappa shape index (κ3) is 5.22.